The molecule has 0 unspecified atom stereocenters. The first-order chi connectivity index (χ1) is 25.0. The lowest BCUT2D eigenvalue weighted by molar-refractivity contribution is -0.360. The molecule has 0 amide bonds. The predicted molar refractivity (Wildman–Crippen MR) is 171 cm³/mol. The molecule has 3 aromatic rings. The number of benzene rings is 2. The van der Waals surface area contributed by atoms with Crippen LogP contribution in [0.2, 0.25) is 0 Å². The monoisotopic (exact) mass is 756 g/mol. The van der Waals surface area contributed by atoms with Gasteiger partial charge < -0.3 is 94.1 Å². The van der Waals surface area contributed by atoms with Gasteiger partial charge in [-0.2, -0.15) is 0 Å². The van der Waals surface area contributed by atoms with Crippen molar-refractivity contribution >= 4 is 11.0 Å². The molecule has 0 aliphatic carbocycles. The third-order valence-corrected chi connectivity index (χ3v) is 9.37. The molecule has 0 bridgehead atoms. The summed E-state index contributed by atoms with van der Waals surface area (Å²) in [6, 6.07) is 5.09. The molecule has 3 aliphatic heterocycles. The highest BCUT2D eigenvalue weighted by molar-refractivity contribution is 5.88. The van der Waals surface area contributed by atoms with E-state index in [-0.39, 0.29) is 11.1 Å². The van der Waals surface area contributed by atoms with Crippen molar-refractivity contribution in [2.45, 2.75) is 106 Å². The molecule has 53 heavy (non-hydrogen) atoms. The summed E-state index contributed by atoms with van der Waals surface area (Å²) in [5.41, 5.74) is -1.54. The largest absolute Gasteiger partial charge is 0.508 e. The molecule has 3 fully saturated rings. The Bertz CT molecular complexity index is 1830. The Morgan fingerprint density at radius 3 is 1.91 bits per heavy atom. The first kappa shape index (κ1) is 38.8. The van der Waals surface area contributed by atoms with Crippen LogP contribution in [0.15, 0.2) is 39.5 Å². The summed E-state index contributed by atoms with van der Waals surface area (Å²) in [6.45, 7) is 2.05. The quantitative estimate of drug-likeness (QED) is 0.103. The number of aliphatic hydroxyl groups is 8. The van der Waals surface area contributed by atoms with Crippen molar-refractivity contribution in [1.82, 2.24) is 0 Å². The van der Waals surface area contributed by atoms with E-state index in [0.29, 0.717) is 0 Å². The van der Waals surface area contributed by atoms with Crippen LogP contribution in [-0.2, 0) is 23.7 Å². The fourth-order valence-corrected chi connectivity index (χ4v) is 6.25. The summed E-state index contributed by atoms with van der Waals surface area (Å²) in [5.74, 6) is -3.68. The van der Waals surface area contributed by atoms with E-state index in [9.17, 15) is 66.1 Å². The minimum Gasteiger partial charge on any atom is -0.508 e. The van der Waals surface area contributed by atoms with E-state index >= 15 is 0 Å². The van der Waals surface area contributed by atoms with Crippen LogP contribution < -0.4 is 10.2 Å². The number of aromatic hydroxyl groups is 4. The Hall–Kier alpha value is -3.87. The Kier molecular flexibility index (Phi) is 11.1. The van der Waals surface area contributed by atoms with Crippen LogP contribution in [0.25, 0.3) is 22.3 Å². The zero-order valence-electron chi connectivity index (χ0n) is 27.9. The molecule has 4 heterocycles. The van der Waals surface area contributed by atoms with Crippen LogP contribution in [0.5, 0.6) is 28.7 Å². The molecule has 12 N–H and O–H groups in total. The maximum atomic E-state index is 14.0. The molecular weight excluding hydrogens is 716 g/mol. The highest BCUT2D eigenvalue weighted by atomic mass is 16.8. The van der Waals surface area contributed by atoms with E-state index in [2.05, 4.69) is 0 Å². The molecule has 0 spiro atoms. The van der Waals surface area contributed by atoms with E-state index < -0.39 is 144 Å². The smallest absolute Gasteiger partial charge is 0.239 e. The van der Waals surface area contributed by atoms with E-state index in [1.165, 1.54) is 19.9 Å². The van der Waals surface area contributed by atoms with Crippen molar-refractivity contribution < 1.29 is 94.1 Å². The van der Waals surface area contributed by atoms with Crippen LogP contribution in [-0.4, -0.2) is 160 Å². The number of phenolic OH excluding ortho intramolecular Hbond substituents is 4. The number of rotatable bonds is 8. The summed E-state index contributed by atoms with van der Waals surface area (Å²) < 4.78 is 40.1. The molecule has 0 saturated carbocycles. The van der Waals surface area contributed by atoms with Crippen LogP contribution in [0.4, 0.5) is 0 Å². The molecule has 20 nitrogen and oxygen atoms in total. The fraction of sp³-hybridized carbons (Fsp3) is 0.545. The Morgan fingerprint density at radius 2 is 1.26 bits per heavy atom. The molecule has 3 saturated heterocycles. The number of hydrogen-bond acceptors (Lipinski definition) is 20. The van der Waals surface area contributed by atoms with Gasteiger partial charge in [-0.3, -0.25) is 4.79 Å². The Morgan fingerprint density at radius 1 is 0.642 bits per heavy atom. The van der Waals surface area contributed by atoms with Gasteiger partial charge in [-0.25, -0.2) is 0 Å². The minimum absolute atomic E-state index is 0.0962. The van der Waals surface area contributed by atoms with Crippen molar-refractivity contribution in [3.05, 3.63) is 40.6 Å². The molecule has 6 rings (SSSR count). The molecular formula is C33H40O20. The maximum absolute atomic E-state index is 14.0. The molecule has 0 radical (unpaired) electrons. The van der Waals surface area contributed by atoms with Crippen molar-refractivity contribution in [2.24, 2.45) is 0 Å². The van der Waals surface area contributed by atoms with E-state index in [4.69, 9.17) is 32.8 Å². The van der Waals surface area contributed by atoms with Gasteiger partial charge in [0.15, 0.2) is 35.9 Å². The first-order valence-corrected chi connectivity index (χ1v) is 16.4. The van der Waals surface area contributed by atoms with Gasteiger partial charge in [-0.05, 0) is 32.0 Å². The zero-order valence-corrected chi connectivity index (χ0v) is 27.9. The summed E-state index contributed by atoms with van der Waals surface area (Å²) in [6.07, 6.45) is -25.1. The predicted octanol–water partition coefficient (Wildman–Crippen LogP) is -2.84. The second-order valence-corrected chi connectivity index (χ2v) is 13.1. The lowest BCUT2D eigenvalue weighted by Gasteiger charge is -2.46. The van der Waals surface area contributed by atoms with E-state index in [1.807, 2.05) is 0 Å². The van der Waals surface area contributed by atoms with Crippen molar-refractivity contribution in [2.75, 3.05) is 6.61 Å². The molecule has 15 atom stereocenters. The average Bonchev–Trinajstić information content (AvgIpc) is 3.11. The van der Waals surface area contributed by atoms with Crippen LogP contribution in [0.3, 0.4) is 0 Å². The van der Waals surface area contributed by atoms with Crippen molar-refractivity contribution in [3.63, 3.8) is 0 Å². The highest BCUT2D eigenvalue weighted by Crippen LogP contribution is 2.40. The van der Waals surface area contributed by atoms with Gasteiger partial charge in [-0.15, -0.1) is 0 Å². The Labute approximate surface area is 298 Å². The number of aliphatic hydroxyl groups excluding tert-OH is 8. The molecule has 1 aromatic heterocycles. The zero-order chi connectivity index (χ0) is 38.6. The third-order valence-electron chi connectivity index (χ3n) is 9.37. The van der Waals surface area contributed by atoms with Crippen LogP contribution >= 0.6 is 0 Å². The SMILES string of the molecule is C[C@@H]1O[C@@H](O[C@H]2[C@H](Oc3c(-c4ccc(O)c(O)c4)oc4cc(O)cc(O)c4c3=O)O[C@H](CO[C@H]3O[C@@H](C)[C@H](O)[C@@H](O)[C@H]3O)[C@H](O)[C@@H]2O)[C@H](O)[C@H](O)[C@H]1O. The number of phenols is 4. The second-order valence-electron chi connectivity index (χ2n) is 13.1. The lowest BCUT2D eigenvalue weighted by atomic mass is 9.97. The summed E-state index contributed by atoms with van der Waals surface area (Å²) in [5, 5.41) is 125. The van der Waals surface area contributed by atoms with Crippen LogP contribution in [0.1, 0.15) is 13.8 Å². The molecule has 20 heteroatoms. The van der Waals surface area contributed by atoms with Gasteiger partial charge in [0.25, 0.3) is 0 Å². The maximum Gasteiger partial charge on any atom is 0.239 e. The number of ether oxygens (including phenoxy) is 6. The van der Waals surface area contributed by atoms with Gasteiger partial charge in [-0.1, -0.05) is 0 Å². The molecule has 3 aliphatic rings. The van der Waals surface area contributed by atoms with Crippen molar-refractivity contribution in [3.8, 4) is 40.1 Å². The molecule has 292 valence electrons. The van der Waals surface area contributed by atoms with E-state index in [1.54, 1.807) is 0 Å². The van der Waals surface area contributed by atoms with Gasteiger partial charge in [0.1, 0.15) is 77.4 Å². The number of fused-ring (bicyclic) bond motifs is 1. The minimum atomic E-state index is -2.04. The second kappa shape index (κ2) is 15.1. The first-order valence-electron chi connectivity index (χ1n) is 16.4. The fourth-order valence-electron chi connectivity index (χ4n) is 6.25. The third kappa shape index (κ3) is 7.34. The standard InChI is InChI=1S/C33H40O20/c1-9-19(38)23(42)26(45)31(48-9)47-8-17-21(40)25(44)30(53-32-27(46)24(43)20(39)10(2)49-32)33(51-17)52-29-22(41)18-15(37)6-12(34)7-16(18)50-28(29)11-3-4-13(35)14(36)5-11/h3-7,9-10,17,19-21,23-27,30-40,42-46H,8H2,1-2H3/t9-,10-,17+,19-,20-,21-,23+,24+,25-,26+,27+,30+,31-,32-,33-/m0/s1. The van der Waals surface area contributed by atoms with Gasteiger partial charge in [0.05, 0.1) is 18.8 Å². The summed E-state index contributed by atoms with van der Waals surface area (Å²) in [7, 11) is 0. The highest BCUT2D eigenvalue weighted by Gasteiger charge is 2.52. The lowest BCUT2D eigenvalue weighted by Crippen LogP contribution is -2.65. The van der Waals surface area contributed by atoms with Gasteiger partial charge >= 0.3 is 0 Å². The summed E-state index contributed by atoms with van der Waals surface area (Å²) in [4.78, 5) is 14.0. The summed E-state index contributed by atoms with van der Waals surface area (Å²) >= 11 is 0. The number of hydrogen-bond donors (Lipinski definition) is 12. The molecule has 2 aromatic carbocycles. The normalized spacial score (nSPS) is 37.8. The Balaban J connectivity index is 1.40. The van der Waals surface area contributed by atoms with Crippen molar-refractivity contribution in [1.29, 1.82) is 0 Å². The van der Waals surface area contributed by atoms with E-state index in [0.717, 1.165) is 24.3 Å². The van der Waals surface area contributed by atoms with Gasteiger partial charge in [0, 0.05) is 17.7 Å². The average molecular weight is 757 g/mol. The topological polar surface area (TPSA) is 328 Å². The van der Waals surface area contributed by atoms with Gasteiger partial charge in [0.2, 0.25) is 17.5 Å². The van der Waals surface area contributed by atoms with Crippen LogP contribution in [0, 0.1) is 0 Å².